The Labute approximate surface area is 151 Å². The summed E-state index contributed by atoms with van der Waals surface area (Å²) in [6, 6.07) is 11.4. The molecule has 128 valence electrons. The van der Waals surface area contributed by atoms with Crippen LogP contribution in [-0.4, -0.2) is 29.2 Å². The zero-order chi connectivity index (χ0) is 18.2. The van der Waals surface area contributed by atoms with Gasteiger partial charge in [-0.25, -0.2) is 9.18 Å². The third-order valence-corrected chi connectivity index (χ3v) is 4.85. The Morgan fingerprint density at radius 3 is 2.44 bits per heavy atom. The number of halogens is 2. The highest BCUT2D eigenvalue weighted by molar-refractivity contribution is 9.10. The molecule has 1 atom stereocenters. The van der Waals surface area contributed by atoms with E-state index < -0.39 is 35.6 Å². The number of amides is 3. The van der Waals surface area contributed by atoms with Crippen molar-refractivity contribution in [3.63, 3.8) is 0 Å². The lowest BCUT2D eigenvalue weighted by Gasteiger charge is -2.23. The summed E-state index contributed by atoms with van der Waals surface area (Å²) in [5, 5.41) is 2.65. The Hall–Kier alpha value is -2.54. The van der Waals surface area contributed by atoms with Crippen molar-refractivity contribution in [1.29, 1.82) is 0 Å². The zero-order valence-corrected chi connectivity index (χ0v) is 14.8. The number of hydrogen-bond acceptors (Lipinski definition) is 3. The Morgan fingerprint density at radius 1 is 1.16 bits per heavy atom. The van der Waals surface area contributed by atoms with Crippen LogP contribution in [0.3, 0.4) is 0 Å². The molecule has 3 rings (SSSR count). The minimum absolute atomic E-state index is 0.233. The number of carbonyl (C=O) groups is 3. The summed E-state index contributed by atoms with van der Waals surface area (Å²) in [4.78, 5) is 38.3. The number of rotatable bonds is 4. The summed E-state index contributed by atoms with van der Waals surface area (Å²) >= 11 is 3.38. The van der Waals surface area contributed by atoms with E-state index in [9.17, 15) is 18.8 Å². The highest BCUT2D eigenvalue weighted by atomic mass is 79.9. The first-order valence-electron chi connectivity index (χ1n) is 7.51. The van der Waals surface area contributed by atoms with Gasteiger partial charge in [-0.1, -0.05) is 34.1 Å². The number of ketones is 1. The van der Waals surface area contributed by atoms with E-state index in [2.05, 4.69) is 21.2 Å². The third kappa shape index (κ3) is 3.07. The number of urea groups is 1. The summed E-state index contributed by atoms with van der Waals surface area (Å²) in [5.41, 5.74) is -0.429. The molecule has 1 N–H and O–H groups in total. The second-order valence-corrected chi connectivity index (χ2v) is 6.71. The topological polar surface area (TPSA) is 66.5 Å². The predicted octanol–water partition coefficient (Wildman–Crippen LogP) is 3.24. The fourth-order valence-corrected chi connectivity index (χ4v) is 3.44. The maximum atomic E-state index is 13.0. The van der Waals surface area contributed by atoms with E-state index in [1.54, 1.807) is 31.2 Å². The van der Waals surface area contributed by atoms with Crippen LogP contribution < -0.4 is 5.32 Å². The molecule has 7 heteroatoms. The molecule has 0 aliphatic carbocycles. The van der Waals surface area contributed by atoms with Crippen molar-refractivity contribution in [1.82, 2.24) is 10.2 Å². The lowest BCUT2D eigenvalue weighted by Crippen LogP contribution is -2.41. The molecule has 1 heterocycles. The van der Waals surface area contributed by atoms with Gasteiger partial charge < -0.3 is 5.32 Å². The number of nitrogens with one attached hydrogen (secondary N) is 1. The number of imide groups is 1. The summed E-state index contributed by atoms with van der Waals surface area (Å²) in [6.07, 6.45) is 0. The number of carbonyl (C=O) groups excluding carboxylic acids is 3. The van der Waals surface area contributed by atoms with E-state index in [0.717, 1.165) is 17.0 Å². The van der Waals surface area contributed by atoms with Crippen molar-refractivity contribution in [3.8, 4) is 0 Å². The molecule has 0 aromatic heterocycles. The van der Waals surface area contributed by atoms with Gasteiger partial charge in [-0.15, -0.1) is 0 Å². The SMILES string of the molecule is CC1(c2ccccc2Br)NC(=O)N(CC(=O)c2ccc(F)cc2)C1=O. The van der Waals surface area contributed by atoms with Crippen LogP contribution in [0.25, 0.3) is 0 Å². The van der Waals surface area contributed by atoms with Crippen LogP contribution in [0.2, 0.25) is 0 Å². The van der Waals surface area contributed by atoms with Gasteiger partial charge in [0.15, 0.2) is 5.78 Å². The molecule has 2 aromatic carbocycles. The molecular formula is C18H14BrFN2O3. The quantitative estimate of drug-likeness (QED) is 0.628. The molecule has 0 radical (unpaired) electrons. The van der Waals surface area contributed by atoms with Gasteiger partial charge in [-0.05, 0) is 37.3 Å². The summed E-state index contributed by atoms with van der Waals surface area (Å²) in [7, 11) is 0. The van der Waals surface area contributed by atoms with E-state index >= 15 is 0 Å². The Balaban J connectivity index is 1.85. The monoisotopic (exact) mass is 404 g/mol. The lowest BCUT2D eigenvalue weighted by atomic mass is 9.92. The molecule has 1 aliphatic rings. The zero-order valence-electron chi connectivity index (χ0n) is 13.3. The van der Waals surface area contributed by atoms with Crippen molar-refractivity contribution in [2.75, 3.05) is 6.54 Å². The second-order valence-electron chi connectivity index (χ2n) is 5.86. The van der Waals surface area contributed by atoms with Gasteiger partial charge in [0.2, 0.25) is 0 Å². The molecule has 2 aromatic rings. The third-order valence-electron chi connectivity index (χ3n) is 4.16. The van der Waals surface area contributed by atoms with E-state index in [1.807, 2.05) is 0 Å². The molecule has 0 saturated carbocycles. The van der Waals surface area contributed by atoms with Crippen LogP contribution in [0.15, 0.2) is 53.0 Å². The number of nitrogens with zero attached hydrogens (tertiary/aromatic N) is 1. The lowest BCUT2D eigenvalue weighted by molar-refractivity contribution is -0.130. The molecule has 1 fully saturated rings. The standard InChI is InChI=1S/C18H14BrFN2O3/c1-18(13-4-2-3-5-14(13)19)16(24)22(17(25)21-18)10-15(23)11-6-8-12(20)9-7-11/h2-9H,10H2,1H3,(H,21,25). The van der Waals surface area contributed by atoms with Gasteiger partial charge in [0, 0.05) is 15.6 Å². The second kappa shape index (κ2) is 6.40. The van der Waals surface area contributed by atoms with Crippen molar-refractivity contribution < 1.29 is 18.8 Å². The molecule has 5 nitrogen and oxygen atoms in total. The van der Waals surface area contributed by atoms with E-state index in [0.29, 0.717) is 10.0 Å². The number of hydrogen-bond donors (Lipinski definition) is 1. The van der Waals surface area contributed by atoms with Gasteiger partial charge in [0.25, 0.3) is 5.91 Å². The fraction of sp³-hybridized carbons (Fsp3) is 0.167. The number of benzene rings is 2. The van der Waals surface area contributed by atoms with Crippen LogP contribution in [0.4, 0.5) is 9.18 Å². The fourth-order valence-electron chi connectivity index (χ4n) is 2.76. The molecule has 25 heavy (non-hydrogen) atoms. The first kappa shape index (κ1) is 17.3. The molecule has 0 bridgehead atoms. The molecule has 1 unspecified atom stereocenters. The van der Waals surface area contributed by atoms with Crippen LogP contribution in [0, 0.1) is 5.82 Å². The van der Waals surface area contributed by atoms with Crippen molar-refractivity contribution in [2.45, 2.75) is 12.5 Å². The average molecular weight is 405 g/mol. The van der Waals surface area contributed by atoms with Gasteiger partial charge in [-0.3, -0.25) is 14.5 Å². The largest absolute Gasteiger partial charge is 0.325 e. The first-order valence-corrected chi connectivity index (χ1v) is 8.30. The van der Waals surface area contributed by atoms with Crippen molar-refractivity contribution in [2.24, 2.45) is 0 Å². The van der Waals surface area contributed by atoms with Gasteiger partial charge in [0.1, 0.15) is 11.4 Å². The van der Waals surface area contributed by atoms with Crippen LogP contribution in [0.1, 0.15) is 22.8 Å². The first-order chi connectivity index (χ1) is 11.8. The average Bonchev–Trinajstić information content (AvgIpc) is 2.80. The summed E-state index contributed by atoms with van der Waals surface area (Å²) in [5.74, 6) is -1.42. The molecular weight excluding hydrogens is 391 g/mol. The Bertz CT molecular complexity index is 869. The highest BCUT2D eigenvalue weighted by Gasteiger charge is 2.50. The van der Waals surface area contributed by atoms with Crippen LogP contribution in [0.5, 0.6) is 0 Å². The smallest absolute Gasteiger partial charge is 0.319 e. The normalized spacial score (nSPS) is 19.9. The van der Waals surface area contributed by atoms with Crippen LogP contribution >= 0.6 is 15.9 Å². The maximum Gasteiger partial charge on any atom is 0.325 e. The number of Topliss-reactive ketones (excluding diaryl/α,β-unsaturated/α-hetero) is 1. The predicted molar refractivity (Wildman–Crippen MR) is 92.5 cm³/mol. The van der Waals surface area contributed by atoms with E-state index in [1.165, 1.54) is 12.1 Å². The van der Waals surface area contributed by atoms with Gasteiger partial charge in [-0.2, -0.15) is 0 Å². The molecule has 1 aliphatic heterocycles. The van der Waals surface area contributed by atoms with Crippen molar-refractivity contribution >= 4 is 33.7 Å². The molecule has 0 spiro atoms. The molecule has 1 saturated heterocycles. The van der Waals surface area contributed by atoms with Crippen molar-refractivity contribution in [3.05, 3.63) is 69.9 Å². The van der Waals surface area contributed by atoms with E-state index in [-0.39, 0.29) is 5.56 Å². The Kier molecular flexibility index (Phi) is 4.43. The minimum Gasteiger partial charge on any atom is -0.319 e. The van der Waals surface area contributed by atoms with E-state index in [4.69, 9.17) is 0 Å². The highest BCUT2D eigenvalue weighted by Crippen LogP contribution is 2.33. The Morgan fingerprint density at radius 2 is 1.80 bits per heavy atom. The van der Waals surface area contributed by atoms with Crippen LogP contribution in [-0.2, 0) is 10.3 Å². The molecule has 3 amide bonds. The summed E-state index contributed by atoms with van der Waals surface area (Å²) in [6.45, 7) is 1.19. The van der Waals surface area contributed by atoms with Gasteiger partial charge in [0.05, 0.1) is 6.54 Å². The minimum atomic E-state index is -1.26. The summed E-state index contributed by atoms with van der Waals surface area (Å²) < 4.78 is 13.6. The van der Waals surface area contributed by atoms with Gasteiger partial charge >= 0.3 is 6.03 Å². The maximum absolute atomic E-state index is 13.0.